The van der Waals surface area contributed by atoms with Crippen molar-refractivity contribution in [3.05, 3.63) is 42.1 Å². The third-order valence-electron chi connectivity index (χ3n) is 2.91. The van der Waals surface area contributed by atoms with E-state index in [1.165, 1.54) is 5.19 Å². The fourth-order valence-corrected chi connectivity index (χ4v) is 2.69. The van der Waals surface area contributed by atoms with Gasteiger partial charge in [0.25, 0.3) is 0 Å². The van der Waals surface area contributed by atoms with Crippen LogP contribution in [0.4, 0.5) is 0 Å². The van der Waals surface area contributed by atoms with Gasteiger partial charge in [-0.1, -0.05) is 50.0 Å². The molecule has 0 bridgehead atoms. The second-order valence-corrected chi connectivity index (χ2v) is 9.98. The predicted molar refractivity (Wildman–Crippen MR) is 80.0 cm³/mol. The van der Waals surface area contributed by atoms with Crippen molar-refractivity contribution in [2.75, 3.05) is 6.61 Å². The third kappa shape index (κ3) is 4.65. The molecule has 4 heteroatoms. The Morgan fingerprint density at radius 1 is 1.32 bits per heavy atom. The van der Waals surface area contributed by atoms with Crippen molar-refractivity contribution in [3.63, 3.8) is 0 Å². The van der Waals surface area contributed by atoms with Crippen LogP contribution < -0.4 is 5.19 Å². The number of carbonyl (C=O) groups is 1. The molecule has 0 aliphatic carbocycles. The normalized spacial score (nSPS) is 11.4. The standard InChI is InChI=1S/C15H22O3Si/c1-6-19(4,5)14-9-7-13(8-10-14)15(16)18-17-11-12(2)3/h6-10,12H,1,11H2,2-5H3. The summed E-state index contributed by atoms with van der Waals surface area (Å²) < 4.78 is 0. The number of rotatable bonds is 6. The third-order valence-corrected chi connectivity index (χ3v) is 5.75. The molecule has 0 N–H and O–H groups in total. The maximum Gasteiger partial charge on any atom is 0.373 e. The lowest BCUT2D eigenvalue weighted by atomic mass is 10.2. The minimum atomic E-state index is -1.57. The number of benzene rings is 1. The molecule has 1 aromatic carbocycles. The SMILES string of the molecule is C=C[Si](C)(C)c1ccc(C(=O)OOCC(C)C)cc1. The molecular weight excluding hydrogens is 256 g/mol. The predicted octanol–water partition coefficient (Wildman–Crippen LogP) is 3.07. The Labute approximate surface area is 116 Å². The number of hydrogen-bond donors (Lipinski definition) is 0. The molecule has 0 aliphatic heterocycles. The molecule has 0 fully saturated rings. The smallest absolute Gasteiger partial charge is 0.293 e. The monoisotopic (exact) mass is 278 g/mol. The van der Waals surface area contributed by atoms with Crippen molar-refractivity contribution in [2.45, 2.75) is 26.9 Å². The summed E-state index contributed by atoms with van der Waals surface area (Å²) in [6, 6.07) is 7.48. The molecule has 0 saturated heterocycles. The van der Waals surface area contributed by atoms with Crippen LogP contribution in [-0.4, -0.2) is 20.7 Å². The fourth-order valence-electron chi connectivity index (χ4n) is 1.43. The van der Waals surface area contributed by atoms with E-state index in [0.29, 0.717) is 18.1 Å². The quantitative estimate of drug-likeness (QED) is 0.456. The van der Waals surface area contributed by atoms with Gasteiger partial charge in [0.2, 0.25) is 0 Å². The zero-order valence-electron chi connectivity index (χ0n) is 12.1. The van der Waals surface area contributed by atoms with Gasteiger partial charge in [0, 0.05) is 0 Å². The van der Waals surface area contributed by atoms with E-state index in [1.54, 1.807) is 12.1 Å². The lowest BCUT2D eigenvalue weighted by Crippen LogP contribution is -2.39. The summed E-state index contributed by atoms with van der Waals surface area (Å²) in [5.41, 5.74) is 2.52. The highest BCUT2D eigenvalue weighted by Crippen LogP contribution is 2.07. The minimum Gasteiger partial charge on any atom is -0.293 e. The number of hydrogen-bond acceptors (Lipinski definition) is 3. The van der Waals surface area contributed by atoms with E-state index in [2.05, 4.69) is 19.7 Å². The molecule has 0 aliphatic rings. The summed E-state index contributed by atoms with van der Waals surface area (Å²) in [5.74, 6) is -0.125. The lowest BCUT2D eigenvalue weighted by molar-refractivity contribution is -0.246. The van der Waals surface area contributed by atoms with Crippen molar-refractivity contribution >= 4 is 19.2 Å². The summed E-state index contributed by atoms with van der Waals surface area (Å²) >= 11 is 0. The summed E-state index contributed by atoms with van der Waals surface area (Å²) in [7, 11) is -1.57. The molecule has 0 aromatic heterocycles. The van der Waals surface area contributed by atoms with E-state index in [9.17, 15) is 4.79 Å². The summed E-state index contributed by atoms with van der Waals surface area (Å²) in [4.78, 5) is 21.3. The molecule has 104 valence electrons. The van der Waals surface area contributed by atoms with Crippen LogP contribution in [0.25, 0.3) is 0 Å². The van der Waals surface area contributed by atoms with E-state index in [4.69, 9.17) is 9.78 Å². The highest BCUT2D eigenvalue weighted by molar-refractivity contribution is 6.93. The van der Waals surface area contributed by atoms with Gasteiger partial charge in [-0.05, 0) is 18.1 Å². The second kappa shape index (κ2) is 6.68. The Morgan fingerprint density at radius 3 is 2.37 bits per heavy atom. The van der Waals surface area contributed by atoms with Gasteiger partial charge in [0.1, 0.15) is 8.07 Å². The van der Waals surface area contributed by atoms with Crippen LogP contribution in [0, 0.1) is 5.92 Å². The molecule has 0 unspecified atom stereocenters. The Morgan fingerprint density at radius 2 is 1.89 bits per heavy atom. The van der Waals surface area contributed by atoms with Gasteiger partial charge in [-0.2, -0.15) is 4.89 Å². The molecule has 3 nitrogen and oxygen atoms in total. The van der Waals surface area contributed by atoms with E-state index in [0.717, 1.165) is 0 Å². The van der Waals surface area contributed by atoms with Crippen LogP contribution in [0.2, 0.25) is 13.1 Å². The van der Waals surface area contributed by atoms with Gasteiger partial charge >= 0.3 is 5.97 Å². The Balaban J connectivity index is 2.66. The Bertz CT molecular complexity index is 435. The van der Waals surface area contributed by atoms with Gasteiger partial charge < -0.3 is 0 Å². The summed E-state index contributed by atoms with van der Waals surface area (Å²) in [6.45, 7) is 12.7. The number of carbonyl (C=O) groups excluding carboxylic acids is 1. The molecule has 19 heavy (non-hydrogen) atoms. The van der Waals surface area contributed by atoms with Crippen molar-refractivity contribution < 1.29 is 14.6 Å². The van der Waals surface area contributed by atoms with Crippen LogP contribution in [0.15, 0.2) is 36.5 Å². The van der Waals surface area contributed by atoms with Crippen LogP contribution in [0.3, 0.4) is 0 Å². The van der Waals surface area contributed by atoms with Crippen molar-refractivity contribution in [1.82, 2.24) is 0 Å². The first-order valence-electron chi connectivity index (χ1n) is 6.44. The molecule has 1 rings (SSSR count). The van der Waals surface area contributed by atoms with Crippen molar-refractivity contribution in [3.8, 4) is 0 Å². The molecule has 1 aromatic rings. The molecule has 0 heterocycles. The summed E-state index contributed by atoms with van der Waals surface area (Å²) in [6.07, 6.45) is 0. The second-order valence-electron chi connectivity index (χ2n) is 5.55. The van der Waals surface area contributed by atoms with E-state index < -0.39 is 14.0 Å². The Kier molecular flexibility index (Phi) is 5.51. The molecular formula is C15H22O3Si. The van der Waals surface area contributed by atoms with Crippen LogP contribution >= 0.6 is 0 Å². The maximum atomic E-state index is 11.7. The molecule has 0 amide bonds. The van der Waals surface area contributed by atoms with E-state index in [-0.39, 0.29) is 0 Å². The highest BCUT2D eigenvalue weighted by atomic mass is 28.3. The van der Waals surface area contributed by atoms with Gasteiger partial charge in [0.05, 0.1) is 12.2 Å². The molecule has 0 spiro atoms. The molecule has 0 saturated carbocycles. The van der Waals surface area contributed by atoms with Gasteiger partial charge in [-0.25, -0.2) is 4.79 Å². The minimum absolute atomic E-state index is 0.328. The van der Waals surface area contributed by atoms with E-state index in [1.807, 2.05) is 31.7 Å². The zero-order chi connectivity index (χ0) is 14.5. The van der Waals surface area contributed by atoms with Crippen LogP contribution in [0.5, 0.6) is 0 Å². The maximum absolute atomic E-state index is 11.7. The van der Waals surface area contributed by atoms with Gasteiger partial charge in [0.15, 0.2) is 0 Å². The first-order chi connectivity index (χ1) is 8.86. The van der Waals surface area contributed by atoms with Crippen LogP contribution in [0.1, 0.15) is 24.2 Å². The average Bonchev–Trinajstić information content (AvgIpc) is 2.38. The topological polar surface area (TPSA) is 35.5 Å². The molecule has 0 atom stereocenters. The average molecular weight is 278 g/mol. The van der Waals surface area contributed by atoms with Crippen molar-refractivity contribution in [2.24, 2.45) is 5.92 Å². The largest absolute Gasteiger partial charge is 0.373 e. The molecule has 0 radical (unpaired) electrons. The van der Waals surface area contributed by atoms with E-state index >= 15 is 0 Å². The first kappa shape index (κ1) is 15.7. The zero-order valence-corrected chi connectivity index (χ0v) is 13.1. The highest BCUT2D eigenvalue weighted by Gasteiger charge is 2.19. The Hall–Kier alpha value is -1.39. The van der Waals surface area contributed by atoms with Crippen molar-refractivity contribution in [1.29, 1.82) is 0 Å². The summed E-state index contributed by atoms with van der Waals surface area (Å²) in [5, 5.41) is 1.24. The first-order valence-corrected chi connectivity index (χ1v) is 9.52. The lowest BCUT2D eigenvalue weighted by Gasteiger charge is -2.17. The van der Waals surface area contributed by atoms with Gasteiger partial charge in [-0.3, -0.25) is 4.89 Å². The van der Waals surface area contributed by atoms with Gasteiger partial charge in [-0.15, -0.1) is 6.58 Å². The fraction of sp³-hybridized carbons (Fsp3) is 0.400. The van der Waals surface area contributed by atoms with Crippen LogP contribution in [-0.2, 0) is 9.78 Å².